The van der Waals surface area contributed by atoms with Gasteiger partial charge >= 0.3 is 6.03 Å². The van der Waals surface area contributed by atoms with Crippen molar-refractivity contribution in [3.05, 3.63) is 64.1 Å². The van der Waals surface area contributed by atoms with Gasteiger partial charge < -0.3 is 15.4 Å². The number of nitrogens with one attached hydrogen (secondary N) is 3. The van der Waals surface area contributed by atoms with E-state index in [1.165, 1.54) is 11.3 Å². The molecule has 3 rings (SSSR count). The third-order valence-corrected chi connectivity index (χ3v) is 5.24. The lowest BCUT2D eigenvalue weighted by Crippen LogP contribution is -2.19. The maximum atomic E-state index is 12.2. The average Bonchev–Trinajstić information content (AvgIpc) is 3.17. The SMILES string of the molecule is COc1ccc(NC(=O)Nc2nc(CCC(=O)Nc3cc(Cl)ccc3C)cs2)cc1. The van der Waals surface area contributed by atoms with Gasteiger partial charge in [-0.25, -0.2) is 9.78 Å². The van der Waals surface area contributed by atoms with Crippen molar-refractivity contribution >= 4 is 51.4 Å². The van der Waals surface area contributed by atoms with Gasteiger partial charge in [0, 0.05) is 28.2 Å². The number of rotatable bonds is 7. The predicted molar refractivity (Wildman–Crippen MR) is 121 cm³/mol. The van der Waals surface area contributed by atoms with Gasteiger partial charge in [-0.1, -0.05) is 17.7 Å². The van der Waals surface area contributed by atoms with Crippen molar-refractivity contribution in [3.8, 4) is 5.75 Å². The Bertz CT molecular complexity index is 1040. The lowest BCUT2D eigenvalue weighted by atomic mass is 10.2. The summed E-state index contributed by atoms with van der Waals surface area (Å²) in [6.45, 7) is 1.90. The normalized spacial score (nSPS) is 10.4. The molecule has 156 valence electrons. The number of carbonyl (C=O) groups excluding carboxylic acids is 2. The molecule has 0 spiro atoms. The molecule has 0 saturated heterocycles. The average molecular weight is 445 g/mol. The number of hydrogen-bond donors (Lipinski definition) is 3. The van der Waals surface area contributed by atoms with Crippen LogP contribution in [0.3, 0.4) is 0 Å². The minimum atomic E-state index is -0.393. The molecule has 2 aromatic carbocycles. The van der Waals surface area contributed by atoms with Gasteiger partial charge in [0.2, 0.25) is 5.91 Å². The summed E-state index contributed by atoms with van der Waals surface area (Å²) >= 11 is 7.28. The molecule has 1 aromatic heterocycles. The Morgan fingerprint density at radius 1 is 1.10 bits per heavy atom. The lowest BCUT2D eigenvalue weighted by Gasteiger charge is -2.08. The van der Waals surface area contributed by atoms with Gasteiger partial charge in [-0.05, 0) is 55.3 Å². The number of thiazole rings is 1. The van der Waals surface area contributed by atoms with E-state index in [2.05, 4.69) is 20.9 Å². The monoisotopic (exact) mass is 444 g/mol. The molecule has 30 heavy (non-hydrogen) atoms. The zero-order valence-electron chi connectivity index (χ0n) is 16.5. The summed E-state index contributed by atoms with van der Waals surface area (Å²) in [5.74, 6) is 0.584. The summed E-state index contributed by atoms with van der Waals surface area (Å²) in [4.78, 5) is 28.7. The number of ether oxygens (including phenoxy) is 1. The Morgan fingerprint density at radius 2 is 1.87 bits per heavy atom. The van der Waals surface area contributed by atoms with Crippen molar-refractivity contribution in [2.24, 2.45) is 0 Å². The molecular weight excluding hydrogens is 424 g/mol. The number of aryl methyl sites for hydroxylation is 2. The number of anilines is 3. The molecule has 0 radical (unpaired) electrons. The van der Waals surface area contributed by atoms with Crippen LogP contribution in [0.1, 0.15) is 17.7 Å². The van der Waals surface area contributed by atoms with Gasteiger partial charge in [0.1, 0.15) is 5.75 Å². The van der Waals surface area contributed by atoms with Crippen molar-refractivity contribution in [2.45, 2.75) is 19.8 Å². The van der Waals surface area contributed by atoms with E-state index in [-0.39, 0.29) is 12.3 Å². The molecule has 0 atom stereocenters. The van der Waals surface area contributed by atoms with Gasteiger partial charge in [0.05, 0.1) is 12.8 Å². The Balaban J connectivity index is 1.47. The van der Waals surface area contributed by atoms with E-state index < -0.39 is 6.03 Å². The summed E-state index contributed by atoms with van der Waals surface area (Å²) in [6.07, 6.45) is 0.733. The molecule has 0 aliphatic carbocycles. The molecule has 3 amide bonds. The van der Waals surface area contributed by atoms with Crippen LogP contribution >= 0.6 is 22.9 Å². The van der Waals surface area contributed by atoms with Crippen molar-refractivity contribution in [2.75, 3.05) is 23.1 Å². The summed E-state index contributed by atoms with van der Waals surface area (Å²) in [7, 11) is 1.58. The van der Waals surface area contributed by atoms with Crippen LogP contribution in [0.25, 0.3) is 0 Å². The zero-order valence-corrected chi connectivity index (χ0v) is 18.1. The first-order valence-corrected chi connectivity index (χ1v) is 10.4. The number of nitrogens with zero attached hydrogens (tertiary/aromatic N) is 1. The minimum Gasteiger partial charge on any atom is -0.497 e. The topological polar surface area (TPSA) is 92.3 Å². The van der Waals surface area contributed by atoms with Gasteiger partial charge in [0.25, 0.3) is 0 Å². The fraction of sp³-hybridized carbons (Fsp3) is 0.190. The fourth-order valence-corrected chi connectivity index (χ4v) is 3.51. The highest BCUT2D eigenvalue weighted by Gasteiger charge is 2.10. The number of hydrogen-bond acceptors (Lipinski definition) is 5. The van der Waals surface area contributed by atoms with Crippen LogP contribution in [-0.2, 0) is 11.2 Å². The second kappa shape index (κ2) is 10.1. The molecule has 0 saturated carbocycles. The Labute approximate surface area is 183 Å². The number of methoxy groups -OCH3 is 1. The Hall–Kier alpha value is -3.10. The van der Waals surface area contributed by atoms with Crippen LogP contribution in [0.15, 0.2) is 47.8 Å². The maximum Gasteiger partial charge on any atom is 0.325 e. The van der Waals surface area contributed by atoms with Crippen LogP contribution in [-0.4, -0.2) is 24.0 Å². The number of benzene rings is 2. The molecule has 3 N–H and O–H groups in total. The number of amides is 3. The fourth-order valence-electron chi connectivity index (χ4n) is 2.60. The second-order valence-corrected chi connectivity index (χ2v) is 7.75. The van der Waals surface area contributed by atoms with Gasteiger partial charge in [0.15, 0.2) is 5.13 Å². The third kappa shape index (κ3) is 6.20. The Morgan fingerprint density at radius 3 is 2.60 bits per heavy atom. The molecule has 0 unspecified atom stereocenters. The van der Waals surface area contributed by atoms with Crippen molar-refractivity contribution in [3.63, 3.8) is 0 Å². The maximum absolute atomic E-state index is 12.2. The first kappa shape index (κ1) is 21.6. The smallest absolute Gasteiger partial charge is 0.325 e. The standard InChI is InChI=1S/C21H21ClN4O3S/c1-13-3-4-14(22)11-18(13)25-19(27)10-7-16-12-30-21(24-16)26-20(28)23-15-5-8-17(29-2)9-6-15/h3-6,8-9,11-12H,7,10H2,1-2H3,(H,25,27)(H2,23,24,26,28). The number of urea groups is 1. The third-order valence-electron chi connectivity index (χ3n) is 4.20. The van der Waals surface area contributed by atoms with Crippen LogP contribution in [0.2, 0.25) is 5.02 Å². The van der Waals surface area contributed by atoms with Crippen molar-refractivity contribution < 1.29 is 14.3 Å². The van der Waals surface area contributed by atoms with Gasteiger partial charge in [-0.15, -0.1) is 11.3 Å². The summed E-state index contributed by atoms with van der Waals surface area (Å²) in [5.41, 5.74) is 3.01. The molecule has 0 aliphatic rings. The summed E-state index contributed by atoms with van der Waals surface area (Å²) in [6, 6.07) is 12.0. The quantitative estimate of drug-likeness (QED) is 0.459. The van der Waals surface area contributed by atoms with E-state index in [0.717, 1.165) is 11.3 Å². The second-order valence-electron chi connectivity index (χ2n) is 6.46. The van der Waals surface area contributed by atoms with E-state index in [9.17, 15) is 9.59 Å². The highest BCUT2D eigenvalue weighted by Crippen LogP contribution is 2.21. The van der Waals surface area contributed by atoms with E-state index >= 15 is 0 Å². The molecule has 0 aliphatic heterocycles. The minimum absolute atomic E-state index is 0.125. The summed E-state index contributed by atoms with van der Waals surface area (Å²) < 4.78 is 5.09. The number of carbonyl (C=O) groups is 2. The molecule has 7 nitrogen and oxygen atoms in total. The van der Waals surface area contributed by atoms with Crippen LogP contribution < -0.4 is 20.7 Å². The van der Waals surface area contributed by atoms with Crippen LogP contribution in [0.4, 0.5) is 21.3 Å². The molecular formula is C21H21ClN4O3S. The zero-order chi connectivity index (χ0) is 21.5. The van der Waals surface area contributed by atoms with E-state index in [1.807, 2.05) is 18.4 Å². The lowest BCUT2D eigenvalue weighted by molar-refractivity contribution is -0.116. The first-order chi connectivity index (χ1) is 14.4. The van der Waals surface area contributed by atoms with Gasteiger partial charge in [-0.2, -0.15) is 0 Å². The first-order valence-electron chi connectivity index (χ1n) is 9.15. The van der Waals surface area contributed by atoms with Crippen molar-refractivity contribution in [1.82, 2.24) is 4.98 Å². The molecule has 0 fully saturated rings. The van der Waals surface area contributed by atoms with Gasteiger partial charge in [-0.3, -0.25) is 10.1 Å². The Kier molecular flexibility index (Phi) is 7.26. The molecule has 1 heterocycles. The van der Waals surface area contributed by atoms with E-state index in [1.54, 1.807) is 43.5 Å². The summed E-state index contributed by atoms with van der Waals surface area (Å²) in [5, 5.41) is 11.1. The van der Waals surface area contributed by atoms with Crippen LogP contribution in [0.5, 0.6) is 5.75 Å². The van der Waals surface area contributed by atoms with E-state index in [0.29, 0.717) is 33.7 Å². The highest BCUT2D eigenvalue weighted by molar-refractivity contribution is 7.13. The number of aromatic nitrogens is 1. The predicted octanol–water partition coefficient (Wildman–Crippen LogP) is 5.33. The molecule has 3 aromatic rings. The largest absolute Gasteiger partial charge is 0.497 e. The van der Waals surface area contributed by atoms with Crippen LogP contribution in [0, 0.1) is 6.92 Å². The molecule has 0 bridgehead atoms. The van der Waals surface area contributed by atoms with Crippen molar-refractivity contribution in [1.29, 1.82) is 0 Å². The highest BCUT2D eigenvalue weighted by atomic mass is 35.5. The molecule has 9 heteroatoms. The number of halogens is 1. The van der Waals surface area contributed by atoms with E-state index in [4.69, 9.17) is 16.3 Å².